The van der Waals surface area contributed by atoms with Gasteiger partial charge in [0.1, 0.15) is 0 Å². The maximum Gasteiger partial charge on any atom is 0.313 e. The Bertz CT molecular complexity index is 752. The standard InChI is InChI=1S/C17H20N4O4/c18-14(22)10-4-12(7-19-6-10)20-15(23)16(24)21-3-1-2-17(9-21)13-5-11(13)8-25-17/h4,6-7,11,13H,1-3,5,8-9H2,(H2,18,22)(H,20,23)/t11-,13?,17+/m1/s1. The molecule has 8 nitrogen and oxygen atoms in total. The van der Waals surface area contributed by atoms with Crippen molar-refractivity contribution < 1.29 is 19.1 Å². The average molecular weight is 344 g/mol. The van der Waals surface area contributed by atoms with E-state index in [0.29, 0.717) is 24.9 Å². The minimum Gasteiger partial charge on any atom is -0.373 e. The van der Waals surface area contributed by atoms with Gasteiger partial charge in [-0.2, -0.15) is 0 Å². The number of rotatable bonds is 2. The SMILES string of the molecule is NC(=O)c1cncc(NC(=O)C(=O)N2CCC[C@@]3(C2)OC[C@H]2CC23)c1. The molecule has 3 heterocycles. The van der Waals surface area contributed by atoms with Crippen LogP contribution in [0.5, 0.6) is 0 Å². The van der Waals surface area contributed by atoms with Crippen LogP contribution < -0.4 is 11.1 Å². The molecule has 3 fully saturated rings. The van der Waals surface area contributed by atoms with Gasteiger partial charge < -0.3 is 20.7 Å². The van der Waals surface area contributed by atoms with Gasteiger partial charge in [-0.15, -0.1) is 0 Å². The molecule has 3 aliphatic rings. The molecular formula is C17H20N4O4. The Hall–Kier alpha value is -2.48. The second kappa shape index (κ2) is 5.80. The Morgan fingerprint density at radius 2 is 2.20 bits per heavy atom. The van der Waals surface area contributed by atoms with Crippen LogP contribution in [0, 0.1) is 11.8 Å². The molecule has 1 aliphatic carbocycles. The number of nitrogens with one attached hydrogen (secondary N) is 1. The molecule has 1 aromatic rings. The Morgan fingerprint density at radius 3 is 2.88 bits per heavy atom. The molecule has 25 heavy (non-hydrogen) atoms. The number of ether oxygens (including phenoxy) is 1. The number of likely N-dealkylation sites (tertiary alicyclic amines) is 1. The number of primary amides is 1. The first-order valence-electron chi connectivity index (χ1n) is 8.47. The van der Waals surface area contributed by atoms with E-state index in [1.54, 1.807) is 4.90 Å². The zero-order chi connectivity index (χ0) is 17.6. The van der Waals surface area contributed by atoms with Crippen molar-refractivity contribution in [1.29, 1.82) is 0 Å². The van der Waals surface area contributed by atoms with Crippen LogP contribution in [0.25, 0.3) is 0 Å². The maximum atomic E-state index is 12.5. The van der Waals surface area contributed by atoms with E-state index in [1.807, 2.05) is 0 Å². The van der Waals surface area contributed by atoms with Crippen molar-refractivity contribution in [2.75, 3.05) is 25.0 Å². The molecular weight excluding hydrogens is 324 g/mol. The van der Waals surface area contributed by atoms with Crippen molar-refractivity contribution >= 4 is 23.4 Å². The van der Waals surface area contributed by atoms with Gasteiger partial charge >= 0.3 is 11.8 Å². The quantitative estimate of drug-likeness (QED) is 0.741. The summed E-state index contributed by atoms with van der Waals surface area (Å²) in [6, 6.07) is 1.40. The Balaban J connectivity index is 1.42. The van der Waals surface area contributed by atoms with Gasteiger partial charge in [-0.25, -0.2) is 0 Å². The molecule has 2 saturated heterocycles. The fraction of sp³-hybridized carbons (Fsp3) is 0.529. The molecule has 0 aromatic carbocycles. The van der Waals surface area contributed by atoms with Gasteiger partial charge in [0.25, 0.3) is 0 Å². The molecule has 0 bridgehead atoms. The van der Waals surface area contributed by atoms with Crippen LogP contribution in [0.1, 0.15) is 29.6 Å². The summed E-state index contributed by atoms with van der Waals surface area (Å²) in [6.45, 7) is 1.79. The summed E-state index contributed by atoms with van der Waals surface area (Å²) in [4.78, 5) is 41.4. The highest BCUT2D eigenvalue weighted by Gasteiger charge is 2.60. The van der Waals surface area contributed by atoms with Crippen LogP contribution in [0.3, 0.4) is 0 Å². The van der Waals surface area contributed by atoms with E-state index < -0.39 is 17.7 Å². The van der Waals surface area contributed by atoms with Gasteiger partial charge in [-0.1, -0.05) is 0 Å². The van der Waals surface area contributed by atoms with E-state index in [1.165, 1.54) is 24.9 Å². The highest BCUT2D eigenvalue weighted by molar-refractivity contribution is 6.39. The topological polar surface area (TPSA) is 115 Å². The third-order valence-electron chi connectivity index (χ3n) is 5.43. The summed E-state index contributed by atoms with van der Waals surface area (Å²) in [6.07, 6.45) is 5.62. The first kappa shape index (κ1) is 16.0. The summed E-state index contributed by atoms with van der Waals surface area (Å²) in [5, 5.41) is 2.49. The average Bonchev–Trinajstić information content (AvgIpc) is 3.34. The second-order valence-electron chi connectivity index (χ2n) is 7.09. The van der Waals surface area contributed by atoms with Gasteiger partial charge in [0.2, 0.25) is 5.91 Å². The van der Waals surface area contributed by atoms with Crippen molar-refractivity contribution in [1.82, 2.24) is 9.88 Å². The van der Waals surface area contributed by atoms with E-state index in [-0.39, 0.29) is 16.9 Å². The molecule has 132 valence electrons. The number of carbonyl (C=O) groups is 3. The van der Waals surface area contributed by atoms with E-state index in [9.17, 15) is 14.4 Å². The van der Waals surface area contributed by atoms with Crippen molar-refractivity contribution in [2.24, 2.45) is 17.6 Å². The van der Waals surface area contributed by atoms with Crippen molar-refractivity contribution in [3.8, 4) is 0 Å². The molecule has 1 spiro atoms. The number of carbonyl (C=O) groups excluding carboxylic acids is 3. The monoisotopic (exact) mass is 344 g/mol. The lowest BCUT2D eigenvalue weighted by Gasteiger charge is -2.40. The third kappa shape index (κ3) is 2.86. The molecule has 1 unspecified atom stereocenters. The molecule has 1 aromatic heterocycles. The van der Waals surface area contributed by atoms with E-state index in [4.69, 9.17) is 10.5 Å². The Kier molecular flexibility index (Phi) is 3.72. The van der Waals surface area contributed by atoms with Crippen molar-refractivity contribution in [3.63, 3.8) is 0 Å². The van der Waals surface area contributed by atoms with E-state index >= 15 is 0 Å². The first-order valence-corrected chi connectivity index (χ1v) is 8.47. The summed E-state index contributed by atoms with van der Waals surface area (Å²) in [5.41, 5.74) is 5.37. The number of amides is 3. The van der Waals surface area contributed by atoms with Crippen LogP contribution in [-0.4, -0.2) is 52.9 Å². The molecule has 4 rings (SSSR count). The van der Waals surface area contributed by atoms with Gasteiger partial charge in [0, 0.05) is 12.7 Å². The highest BCUT2D eigenvalue weighted by Crippen LogP contribution is 2.56. The second-order valence-corrected chi connectivity index (χ2v) is 7.09. The third-order valence-corrected chi connectivity index (χ3v) is 5.43. The minimum atomic E-state index is -0.745. The molecule has 1 saturated carbocycles. The zero-order valence-electron chi connectivity index (χ0n) is 13.7. The molecule has 3 atom stereocenters. The first-order chi connectivity index (χ1) is 12.0. The Labute approximate surface area is 144 Å². The molecule has 3 N–H and O–H groups in total. The summed E-state index contributed by atoms with van der Waals surface area (Å²) >= 11 is 0. The largest absolute Gasteiger partial charge is 0.373 e. The number of fused-ring (bicyclic) bond motifs is 2. The van der Waals surface area contributed by atoms with Crippen molar-refractivity contribution in [2.45, 2.75) is 24.9 Å². The van der Waals surface area contributed by atoms with Crippen LogP contribution in [0.4, 0.5) is 5.69 Å². The molecule has 2 aliphatic heterocycles. The predicted molar refractivity (Wildman–Crippen MR) is 87.5 cm³/mol. The maximum absolute atomic E-state index is 12.5. The fourth-order valence-electron chi connectivity index (χ4n) is 4.07. The lowest BCUT2D eigenvalue weighted by molar-refractivity contribution is -0.149. The molecule has 3 amide bonds. The molecule has 8 heteroatoms. The predicted octanol–water partition coefficient (Wildman–Crippen LogP) is 0.146. The summed E-state index contributed by atoms with van der Waals surface area (Å²) in [7, 11) is 0. The Morgan fingerprint density at radius 1 is 1.36 bits per heavy atom. The normalized spacial score (nSPS) is 30.0. The lowest BCUT2D eigenvalue weighted by Crippen LogP contribution is -2.54. The zero-order valence-corrected chi connectivity index (χ0v) is 13.7. The lowest BCUT2D eigenvalue weighted by atomic mass is 9.88. The number of nitrogens with zero attached hydrogens (tertiary/aromatic N) is 2. The number of pyridine rings is 1. The number of anilines is 1. The fourth-order valence-corrected chi connectivity index (χ4v) is 4.07. The van der Waals surface area contributed by atoms with E-state index in [2.05, 4.69) is 10.3 Å². The summed E-state index contributed by atoms with van der Waals surface area (Å²) in [5.74, 6) is -0.818. The van der Waals surface area contributed by atoms with Crippen LogP contribution in [0.15, 0.2) is 18.5 Å². The van der Waals surface area contributed by atoms with Gasteiger partial charge in [-0.05, 0) is 37.2 Å². The number of aromatic nitrogens is 1. The van der Waals surface area contributed by atoms with Gasteiger partial charge in [0.15, 0.2) is 0 Å². The van der Waals surface area contributed by atoms with Gasteiger partial charge in [-0.3, -0.25) is 19.4 Å². The van der Waals surface area contributed by atoms with Crippen molar-refractivity contribution in [3.05, 3.63) is 24.0 Å². The molecule has 0 radical (unpaired) electrons. The number of hydrogen-bond acceptors (Lipinski definition) is 5. The number of nitrogens with two attached hydrogens (primary N) is 1. The van der Waals surface area contributed by atoms with E-state index in [0.717, 1.165) is 19.4 Å². The number of piperidine rings is 1. The smallest absolute Gasteiger partial charge is 0.313 e. The minimum absolute atomic E-state index is 0.168. The van der Waals surface area contributed by atoms with Crippen LogP contribution in [-0.2, 0) is 14.3 Å². The number of hydrogen-bond donors (Lipinski definition) is 2. The summed E-state index contributed by atoms with van der Waals surface area (Å²) < 4.78 is 5.98. The van der Waals surface area contributed by atoms with Crippen LogP contribution in [0.2, 0.25) is 0 Å². The van der Waals surface area contributed by atoms with Gasteiger partial charge in [0.05, 0.1) is 36.2 Å². The highest BCUT2D eigenvalue weighted by atomic mass is 16.5. The van der Waals surface area contributed by atoms with Crippen LogP contribution >= 0.6 is 0 Å².